The zero-order valence-electron chi connectivity index (χ0n) is 11.0. The van der Waals surface area contributed by atoms with Crippen LogP contribution >= 0.6 is 0 Å². The largest absolute Gasteiger partial charge is 0.382 e. The fraction of sp³-hybridized carbons (Fsp3) is 1.00. The van der Waals surface area contributed by atoms with Gasteiger partial charge < -0.3 is 19.5 Å². The fourth-order valence-electron chi connectivity index (χ4n) is 1.17. The maximum Gasteiger partial charge on any atom is 0.0700 e. The molecule has 0 saturated heterocycles. The predicted molar refractivity (Wildman–Crippen MR) is 65.9 cm³/mol. The van der Waals surface area contributed by atoms with Gasteiger partial charge in [0.2, 0.25) is 0 Å². The third kappa shape index (κ3) is 13.8. The van der Waals surface area contributed by atoms with Gasteiger partial charge in [-0.25, -0.2) is 0 Å². The maximum atomic E-state index is 5.47. The SMILES string of the molecule is COCCOCCCOCCCNC(C)C. The highest BCUT2D eigenvalue weighted by atomic mass is 16.5. The molecule has 0 aliphatic rings. The molecule has 0 aliphatic heterocycles. The number of methoxy groups -OCH3 is 1. The summed E-state index contributed by atoms with van der Waals surface area (Å²) in [5.41, 5.74) is 0. The van der Waals surface area contributed by atoms with Crippen molar-refractivity contribution in [2.75, 3.05) is 46.7 Å². The summed E-state index contributed by atoms with van der Waals surface area (Å²) in [5, 5.41) is 3.35. The zero-order valence-corrected chi connectivity index (χ0v) is 11.0. The molecule has 0 spiro atoms. The van der Waals surface area contributed by atoms with Crippen LogP contribution in [-0.4, -0.2) is 52.7 Å². The van der Waals surface area contributed by atoms with Gasteiger partial charge in [-0.1, -0.05) is 13.8 Å². The van der Waals surface area contributed by atoms with Gasteiger partial charge in [0.05, 0.1) is 13.2 Å². The first-order chi connectivity index (χ1) is 7.77. The van der Waals surface area contributed by atoms with Crippen LogP contribution in [0.1, 0.15) is 26.7 Å². The Bertz CT molecular complexity index is 131. The molecule has 1 N–H and O–H groups in total. The number of ether oxygens (including phenoxy) is 3. The Morgan fingerprint density at radius 2 is 1.50 bits per heavy atom. The van der Waals surface area contributed by atoms with E-state index in [0.717, 1.165) is 39.2 Å². The van der Waals surface area contributed by atoms with Crippen LogP contribution in [0.5, 0.6) is 0 Å². The number of hydrogen-bond acceptors (Lipinski definition) is 4. The average Bonchev–Trinajstić information content (AvgIpc) is 2.25. The normalized spacial score (nSPS) is 11.2. The Morgan fingerprint density at radius 3 is 2.12 bits per heavy atom. The van der Waals surface area contributed by atoms with Crippen LogP contribution in [0.2, 0.25) is 0 Å². The van der Waals surface area contributed by atoms with Crippen LogP contribution < -0.4 is 5.32 Å². The lowest BCUT2D eigenvalue weighted by molar-refractivity contribution is 0.0510. The lowest BCUT2D eigenvalue weighted by Gasteiger charge is -2.08. The van der Waals surface area contributed by atoms with Crippen molar-refractivity contribution < 1.29 is 14.2 Å². The molecule has 0 radical (unpaired) electrons. The first-order valence-electron chi connectivity index (χ1n) is 6.15. The number of nitrogens with one attached hydrogen (secondary N) is 1. The molecule has 0 aromatic heterocycles. The van der Waals surface area contributed by atoms with E-state index in [9.17, 15) is 0 Å². The number of hydrogen-bond donors (Lipinski definition) is 1. The van der Waals surface area contributed by atoms with Gasteiger partial charge in [-0.15, -0.1) is 0 Å². The summed E-state index contributed by atoms with van der Waals surface area (Å²) in [6, 6.07) is 0.564. The highest BCUT2D eigenvalue weighted by Crippen LogP contribution is 1.88. The summed E-state index contributed by atoms with van der Waals surface area (Å²) in [7, 11) is 1.68. The molecule has 0 aromatic carbocycles. The van der Waals surface area contributed by atoms with Gasteiger partial charge in [0.1, 0.15) is 0 Å². The Morgan fingerprint density at radius 1 is 0.875 bits per heavy atom. The van der Waals surface area contributed by atoms with Crippen molar-refractivity contribution >= 4 is 0 Å². The summed E-state index contributed by atoms with van der Waals surface area (Å²) >= 11 is 0. The lowest BCUT2D eigenvalue weighted by atomic mass is 10.3. The van der Waals surface area contributed by atoms with Gasteiger partial charge >= 0.3 is 0 Å². The summed E-state index contributed by atoms with van der Waals surface area (Å²) in [6.07, 6.45) is 2.03. The quantitative estimate of drug-likeness (QED) is 0.518. The Hall–Kier alpha value is -0.160. The van der Waals surface area contributed by atoms with E-state index in [2.05, 4.69) is 19.2 Å². The molecule has 0 aromatic rings. The van der Waals surface area contributed by atoms with E-state index in [1.165, 1.54) is 0 Å². The van der Waals surface area contributed by atoms with Gasteiger partial charge in [0, 0.05) is 33.0 Å². The van der Waals surface area contributed by atoms with Crippen LogP contribution in [0.3, 0.4) is 0 Å². The molecule has 0 rings (SSSR count). The van der Waals surface area contributed by atoms with Crippen molar-refractivity contribution in [2.24, 2.45) is 0 Å². The van der Waals surface area contributed by atoms with E-state index < -0.39 is 0 Å². The Labute approximate surface area is 99.6 Å². The van der Waals surface area contributed by atoms with Crippen molar-refractivity contribution in [2.45, 2.75) is 32.7 Å². The van der Waals surface area contributed by atoms with E-state index in [4.69, 9.17) is 14.2 Å². The molecule has 4 heteroatoms. The topological polar surface area (TPSA) is 39.7 Å². The van der Waals surface area contributed by atoms with Crippen molar-refractivity contribution in [3.05, 3.63) is 0 Å². The summed E-state index contributed by atoms with van der Waals surface area (Å²) < 4.78 is 15.7. The summed E-state index contributed by atoms with van der Waals surface area (Å²) in [6.45, 7) is 9.05. The van der Waals surface area contributed by atoms with Crippen LogP contribution in [0.15, 0.2) is 0 Å². The maximum absolute atomic E-state index is 5.47. The second-order valence-electron chi connectivity index (χ2n) is 4.03. The minimum Gasteiger partial charge on any atom is -0.382 e. The molecule has 98 valence electrons. The second-order valence-corrected chi connectivity index (χ2v) is 4.03. The molecule has 0 amide bonds. The van der Waals surface area contributed by atoms with Crippen molar-refractivity contribution in [3.8, 4) is 0 Å². The summed E-state index contributed by atoms with van der Waals surface area (Å²) in [4.78, 5) is 0. The van der Waals surface area contributed by atoms with Crippen LogP contribution in [-0.2, 0) is 14.2 Å². The standard InChI is InChI=1S/C12H27NO3/c1-12(2)13-6-4-7-15-8-5-9-16-11-10-14-3/h12-13H,4-11H2,1-3H3. The molecule has 0 bridgehead atoms. The van der Waals surface area contributed by atoms with Crippen LogP contribution in [0.4, 0.5) is 0 Å². The highest BCUT2D eigenvalue weighted by molar-refractivity contribution is 4.51. The smallest absolute Gasteiger partial charge is 0.0700 e. The van der Waals surface area contributed by atoms with Gasteiger partial charge in [0.15, 0.2) is 0 Å². The van der Waals surface area contributed by atoms with Crippen LogP contribution in [0.25, 0.3) is 0 Å². The van der Waals surface area contributed by atoms with E-state index in [-0.39, 0.29) is 0 Å². The molecular formula is C12H27NO3. The van der Waals surface area contributed by atoms with Crippen molar-refractivity contribution in [3.63, 3.8) is 0 Å². The van der Waals surface area contributed by atoms with Crippen LogP contribution in [0, 0.1) is 0 Å². The predicted octanol–water partition coefficient (Wildman–Crippen LogP) is 1.44. The molecule has 0 atom stereocenters. The Balaban J connectivity index is 2.88. The lowest BCUT2D eigenvalue weighted by Crippen LogP contribution is -2.24. The molecular weight excluding hydrogens is 206 g/mol. The van der Waals surface area contributed by atoms with Crippen molar-refractivity contribution in [1.29, 1.82) is 0 Å². The third-order valence-corrected chi connectivity index (χ3v) is 2.03. The zero-order chi connectivity index (χ0) is 12.1. The van der Waals surface area contributed by atoms with Gasteiger partial charge in [-0.2, -0.15) is 0 Å². The van der Waals surface area contributed by atoms with Gasteiger partial charge in [-0.3, -0.25) is 0 Å². The molecule has 0 unspecified atom stereocenters. The monoisotopic (exact) mass is 233 g/mol. The van der Waals surface area contributed by atoms with E-state index in [1.807, 2.05) is 0 Å². The molecule has 0 saturated carbocycles. The van der Waals surface area contributed by atoms with E-state index in [0.29, 0.717) is 19.3 Å². The van der Waals surface area contributed by atoms with Gasteiger partial charge in [-0.05, 0) is 19.4 Å². The Kier molecular flexibility index (Phi) is 12.8. The second kappa shape index (κ2) is 12.9. The first kappa shape index (κ1) is 15.8. The van der Waals surface area contributed by atoms with E-state index >= 15 is 0 Å². The van der Waals surface area contributed by atoms with Crippen molar-refractivity contribution in [1.82, 2.24) is 5.32 Å². The molecule has 4 nitrogen and oxygen atoms in total. The average molecular weight is 233 g/mol. The fourth-order valence-corrected chi connectivity index (χ4v) is 1.17. The molecule has 16 heavy (non-hydrogen) atoms. The van der Waals surface area contributed by atoms with Gasteiger partial charge in [0.25, 0.3) is 0 Å². The summed E-state index contributed by atoms with van der Waals surface area (Å²) in [5.74, 6) is 0. The minimum atomic E-state index is 0.564. The van der Waals surface area contributed by atoms with E-state index in [1.54, 1.807) is 7.11 Å². The number of rotatable bonds is 12. The third-order valence-electron chi connectivity index (χ3n) is 2.03. The first-order valence-corrected chi connectivity index (χ1v) is 6.15. The molecule has 0 fully saturated rings. The molecule has 0 aliphatic carbocycles. The minimum absolute atomic E-state index is 0.564. The highest BCUT2D eigenvalue weighted by Gasteiger charge is 1.93. The molecule has 0 heterocycles.